The fraction of sp³-hybridized carbons (Fsp3) is 0.469. The number of halogens is 1. The van der Waals surface area contributed by atoms with Gasteiger partial charge in [-0.25, -0.2) is 4.39 Å². The molecule has 40 heavy (non-hydrogen) atoms. The van der Waals surface area contributed by atoms with E-state index in [-0.39, 0.29) is 36.1 Å². The van der Waals surface area contributed by atoms with E-state index in [1.807, 2.05) is 43.3 Å². The highest BCUT2D eigenvalue weighted by atomic mass is 19.1. The average molecular weight is 546 g/mol. The number of amides is 3. The van der Waals surface area contributed by atoms with Gasteiger partial charge in [-0.15, -0.1) is 0 Å². The van der Waals surface area contributed by atoms with Gasteiger partial charge in [0.2, 0.25) is 17.7 Å². The molecule has 3 aliphatic heterocycles. The minimum absolute atomic E-state index is 0.00234. The molecule has 210 valence electrons. The quantitative estimate of drug-likeness (QED) is 0.528. The summed E-state index contributed by atoms with van der Waals surface area (Å²) in [6.45, 7) is 6.42. The molecule has 3 fully saturated rings. The van der Waals surface area contributed by atoms with Gasteiger partial charge in [0.15, 0.2) is 0 Å². The van der Waals surface area contributed by atoms with Gasteiger partial charge in [0.05, 0.1) is 17.9 Å². The van der Waals surface area contributed by atoms with E-state index in [1.165, 1.54) is 17.0 Å². The van der Waals surface area contributed by atoms with Crippen LogP contribution in [0.25, 0.3) is 0 Å². The molecular weight excluding hydrogens is 509 g/mol. The zero-order chi connectivity index (χ0) is 28.2. The Labute approximate surface area is 234 Å². The average Bonchev–Trinajstić information content (AvgIpc) is 3.55. The first kappa shape index (κ1) is 26.7. The largest absolute Gasteiger partial charge is 0.359 e. The first-order chi connectivity index (χ1) is 19.2. The molecule has 3 amide bonds. The fourth-order valence-corrected chi connectivity index (χ4v) is 7.22. The van der Waals surface area contributed by atoms with Gasteiger partial charge in [0, 0.05) is 18.3 Å². The molecule has 7 nitrogen and oxygen atoms in total. The van der Waals surface area contributed by atoms with Crippen molar-refractivity contribution in [3.63, 3.8) is 0 Å². The minimum atomic E-state index is -1.25. The Hall–Kier alpha value is -3.52. The van der Waals surface area contributed by atoms with E-state index in [0.717, 1.165) is 24.8 Å². The fourth-order valence-electron chi connectivity index (χ4n) is 7.22. The number of benzene rings is 2. The number of anilines is 1. The lowest BCUT2D eigenvalue weighted by Crippen LogP contribution is -2.57. The van der Waals surface area contributed by atoms with E-state index in [9.17, 15) is 18.8 Å². The number of likely N-dealkylation sites (tertiary alicyclic amines) is 1. The number of nitrogens with zero attached hydrogens (tertiary/aromatic N) is 1. The molecule has 2 aromatic rings. The summed E-state index contributed by atoms with van der Waals surface area (Å²) in [5.74, 6) is -2.08. The van der Waals surface area contributed by atoms with Crippen molar-refractivity contribution in [1.29, 1.82) is 0 Å². The molecule has 4 aliphatic rings. The van der Waals surface area contributed by atoms with Gasteiger partial charge in [-0.2, -0.15) is 0 Å². The topological polar surface area (TPSA) is 87.7 Å². The Kier molecular flexibility index (Phi) is 6.77. The van der Waals surface area contributed by atoms with Gasteiger partial charge in [-0.1, -0.05) is 63.1 Å². The summed E-state index contributed by atoms with van der Waals surface area (Å²) in [5, 5.41) is 6.22. The number of carbonyl (C=O) groups is 3. The van der Waals surface area contributed by atoms with Gasteiger partial charge in [0.25, 0.3) is 0 Å². The van der Waals surface area contributed by atoms with Gasteiger partial charge in [0.1, 0.15) is 17.5 Å². The number of hydrogen-bond acceptors (Lipinski definition) is 4. The van der Waals surface area contributed by atoms with Gasteiger partial charge in [-0.3, -0.25) is 14.4 Å². The van der Waals surface area contributed by atoms with Crippen LogP contribution in [0, 0.1) is 36.4 Å². The molecule has 0 aromatic heterocycles. The van der Waals surface area contributed by atoms with Crippen LogP contribution in [0.3, 0.4) is 0 Å². The molecule has 0 unspecified atom stereocenters. The Bertz CT molecular complexity index is 1360. The second kappa shape index (κ2) is 10.1. The van der Waals surface area contributed by atoms with Gasteiger partial charge >= 0.3 is 0 Å². The molecular formula is C32H36FN3O4. The molecule has 2 N–H and O–H groups in total. The van der Waals surface area contributed by atoms with Crippen LogP contribution in [0.15, 0.2) is 60.7 Å². The van der Waals surface area contributed by atoms with Crippen LogP contribution in [-0.4, -0.2) is 46.4 Å². The molecule has 8 heteroatoms. The standard InChI is InChI=1S/C32H36FN3O4/c1-18-6-4-8-23(16-18)34-29(37)26-25-14-15-32(40-25)27(26)31(39)36(17-21-10-12-22(33)13-11-21)28(32)30(38)35-24-9-5-7-19(2)20(24)3/h4,6,8,10-16,19-20,24-28H,5,7,9,17H2,1-3H3,(H,34,37)(H,35,38)/t19-,20+,24+,25+,26-,27+,28+,32+/m0/s1. The van der Waals surface area contributed by atoms with Crippen LogP contribution in [0.4, 0.5) is 10.1 Å². The molecule has 2 aromatic carbocycles. The lowest BCUT2D eigenvalue weighted by molar-refractivity contribution is -0.142. The number of nitrogens with one attached hydrogen (secondary N) is 2. The van der Waals surface area contributed by atoms with Crippen LogP contribution in [0.5, 0.6) is 0 Å². The van der Waals surface area contributed by atoms with Crippen molar-refractivity contribution in [3.8, 4) is 0 Å². The molecule has 8 atom stereocenters. The van der Waals surface area contributed by atoms with Gasteiger partial charge in [-0.05, 0) is 60.6 Å². The van der Waals surface area contributed by atoms with E-state index in [4.69, 9.17) is 4.74 Å². The summed E-state index contributed by atoms with van der Waals surface area (Å²) in [6, 6.07) is 12.5. The van der Waals surface area contributed by atoms with Crippen molar-refractivity contribution >= 4 is 23.4 Å². The Morgan fingerprint density at radius 3 is 2.62 bits per heavy atom. The van der Waals surface area contributed by atoms with Crippen molar-refractivity contribution in [2.45, 2.75) is 70.4 Å². The first-order valence-corrected chi connectivity index (χ1v) is 14.3. The number of rotatable bonds is 6. The third-order valence-electron chi connectivity index (χ3n) is 9.51. The number of aryl methyl sites for hydroxylation is 1. The van der Waals surface area contributed by atoms with E-state index in [1.54, 1.807) is 12.1 Å². The maximum Gasteiger partial charge on any atom is 0.246 e. The first-order valence-electron chi connectivity index (χ1n) is 14.3. The maximum absolute atomic E-state index is 14.2. The van der Waals surface area contributed by atoms with Crippen molar-refractivity contribution in [3.05, 3.63) is 77.6 Å². The van der Waals surface area contributed by atoms with Crippen LogP contribution in [-0.2, 0) is 25.7 Å². The van der Waals surface area contributed by atoms with Crippen LogP contribution < -0.4 is 10.6 Å². The number of hydrogen-bond donors (Lipinski definition) is 2. The lowest BCUT2D eigenvalue weighted by atomic mass is 9.73. The van der Waals surface area contributed by atoms with Crippen LogP contribution in [0.1, 0.15) is 44.2 Å². The van der Waals surface area contributed by atoms with E-state index < -0.39 is 29.6 Å². The van der Waals surface area contributed by atoms with Crippen molar-refractivity contribution in [2.75, 3.05) is 5.32 Å². The third kappa shape index (κ3) is 4.42. The molecule has 1 saturated carbocycles. The van der Waals surface area contributed by atoms with E-state index >= 15 is 0 Å². The second-order valence-electron chi connectivity index (χ2n) is 12.0. The summed E-state index contributed by atoms with van der Waals surface area (Å²) in [5.41, 5.74) is 1.10. The van der Waals surface area contributed by atoms with E-state index in [2.05, 4.69) is 24.5 Å². The predicted octanol–water partition coefficient (Wildman–Crippen LogP) is 4.36. The highest BCUT2D eigenvalue weighted by molar-refractivity contribution is 6.02. The van der Waals surface area contributed by atoms with Crippen molar-refractivity contribution < 1.29 is 23.5 Å². The predicted molar refractivity (Wildman–Crippen MR) is 148 cm³/mol. The third-order valence-corrected chi connectivity index (χ3v) is 9.51. The molecule has 0 radical (unpaired) electrons. The number of fused-ring (bicyclic) bond motifs is 1. The number of ether oxygens (including phenoxy) is 1. The zero-order valence-electron chi connectivity index (χ0n) is 23.1. The lowest BCUT2D eigenvalue weighted by Gasteiger charge is -2.38. The highest BCUT2D eigenvalue weighted by Crippen LogP contribution is 2.55. The smallest absolute Gasteiger partial charge is 0.246 e. The van der Waals surface area contributed by atoms with Crippen molar-refractivity contribution in [2.24, 2.45) is 23.7 Å². The van der Waals surface area contributed by atoms with E-state index in [0.29, 0.717) is 23.1 Å². The normalized spacial score (nSPS) is 34.1. The summed E-state index contributed by atoms with van der Waals surface area (Å²) in [7, 11) is 0. The molecule has 2 bridgehead atoms. The molecule has 1 aliphatic carbocycles. The zero-order valence-corrected chi connectivity index (χ0v) is 23.1. The highest BCUT2D eigenvalue weighted by Gasteiger charge is 2.72. The number of carbonyl (C=O) groups excluding carboxylic acids is 3. The second-order valence-corrected chi connectivity index (χ2v) is 12.0. The molecule has 2 saturated heterocycles. The molecule has 6 rings (SSSR count). The Balaban J connectivity index is 1.33. The van der Waals surface area contributed by atoms with Crippen LogP contribution in [0.2, 0.25) is 0 Å². The molecule has 3 heterocycles. The van der Waals surface area contributed by atoms with Crippen molar-refractivity contribution in [1.82, 2.24) is 10.2 Å². The Morgan fingerprint density at radius 1 is 1.10 bits per heavy atom. The monoisotopic (exact) mass is 545 g/mol. The maximum atomic E-state index is 14.2. The van der Waals surface area contributed by atoms with Gasteiger partial charge < -0.3 is 20.3 Å². The Morgan fingerprint density at radius 2 is 1.88 bits per heavy atom. The summed E-state index contributed by atoms with van der Waals surface area (Å²) < 4.78 is 20.1. The van der Waals surface area contributed by atoms with Crippen LogP contribution >= 0.6 is 0 Å². The molecule has 1 spiro atoms. The summed E-state index contributed by atoms with van der Waals surface area (Å²) in [4.78, 5) is 43.5. The minimum Gasteiger partial charge on any atom is -0.359 e. The SMILES string of the molecule is Cc1cccc(NC(=O)[C@H]2[C@H]3C=C[C@@]4(O3)[C@H]2C(=O)N(Cc2ccc(F)cc2)[C@@H]4C(=O)N[C@@H]2CCC[C@H](C)[C@H]2C)c1. The summed E-state index contributed by atoms with van der Waals surface area (Å²) >= 11 is 0. The summed E-state index contributed by atoms with van der Waals surface area (Å²) in [6.07, 6.45) is 6.08.